The molecule has 1 saturated heterocycles. The predicted molar refractivity (Wildman–Crippen MR) is 118 cm³/mol. The van der Waals surface area contributed by atoms with Crippen molar-refractivity contribution in [3.8, 4) is 0 Å². The van der Waals surface area contributed by atoms with Crippen molar-refractivity contribution in [3.05, 3.63) is 65.2 Å². The molecule has 1 aliphatic carbocycles. The van der Waals surface area contributed by atoms with Crippen LogP contribution in [-0.2, 0) is 11.3 Å². The number of carbonyl (C=O) groups excluding carboxylic acids is 1. The van der Waals surface area contributed by atoms with E-state index in [0.717, 1.165) is 38.6 Å². The molecule has 2 aliphatic rings. The van der Waals surface area contributed by atoms with Crippen LogP contribution in [0.3, 0.4) is 0 Å². The van der Waals surface area contributed by atoms with E-state index in [-0.39, 0.29) is 5.97 Å². The van der Waals surface area contributed by atoms with Crippen molar-refractivity contribution < 1.29 is 9.53 Å². The number of piperazine rings is 1. The summed E-state index contributed by atoms with van der Waals surface area (Å²) >= 11 is 0. The standard InChI is InChI=1S/C25H32N2O2/c1-29-25(28)23-9-7-20(8-10-23)19-26-15-17-27(18-16-26)24-13-11-22(12-14-24)21-5-3-2-4-6-21/h7-14,21H,2-6,15-19H2,1H3. The van der Waals surface area contributed by atoms with Crippen molar-refractivity contribution in [1.82, 2.24) is 4.90 Å². The molecule has 0 aromatic heterocycles. The van der Waals surface area contributed by atoms with Crippen LogP contribution >= 0.6 is 0 Å². The molecule has 1 heterocycles. The predicted octanol–water partition coefficient (Wildman–Crippen LogP) is 4.84. The van der Waals surface area contributed by atoms with Gasteiger partial charge in [0.1, 0.15) is 0 Å². The van der Waals surface area contributed by atoms with Gasteiger partial charge >= 0.3 is 5.97 Å². The third-order valence-corrected chi connectivity index (χ3v) is 6.49. The Kier molecular flexibility index (Phi) is 6.50. The van der Waals surface area contributed by atoms with E-state index >= 15 is 0 Å². The molecule has 0 bridgehead atoms. The fourth-order valence-electron chi connectivity index (χ4n) is 4.68. The molecule has 1 aliphatic heterocycles. The quantitative estimate of drug-likeness (QED) is 0.682. The van der Waals surface area contributed by atoms with Gasteiger partial charge in [-0.15, -0.1) is 0 Å². The van der Waals surface area contributed by atoms with E-state index in [0.29, 0.717) is 5.56 Å². The van der Waals surface area contributed by atoms with Gasteiger partial charge in [0, 0.05) is 38.4 Å². The van der Waals surface area contributed by atoms with Crippen molar-refractivity contribution in [2.45, 2.75) is 44.6 Å². The number of ether oxygens (including phenoxy) is 1. The zero-order valence-corrected chi connectivity index (χ0v) is 17.5. The summed E-state index contributed by atoms with van der Waals surface area (Å²) in [4.78, 5) is 16.5. The minimum atomic E-state index is -0.278. The Hall–Kier alpha value is -2.33. The molecular weight excluding hydrogens is 360 g/mol. The second kappa shape index (κ2) is 9.45. The molecule has 0 N–H and O–H groups in total. The summed E-state index contributed by atoms with van der Waals surface area (Å²) in [5.74, 6) is 0.500. The summed E-state index contributed by atoms with van der Waals surface area (Å²) in [5, 5.41) is 0. The Morgan fingerprint density at radius 1 is 0.897 bits per heavy atom. The van der Waals surface area contributed by atoms with Crippen molar-refractivity contribution in [3.63, 3.8) is 0 Å². The Labute approximate surface area is 174 Å². The monoisotopic (exact) mass is 392 g/mol. The van der Waals surface area contributed by atoms with Gasteiger partial charge in [0.15, 0.2) is 0 Å². The van der Waals surface area contributed by atoms with Gasteiger partial charge < -0.3 is 9.64 Å². The van der Waals surface area contributed by atoms with E-state index < -0.39 is 0 Å². The number of methoxy groups -OCH3 is 1. The fourth-order valence-corrected chi connectivity index (χ4v) is 4.68. The Balaban J connectivity index is 1.28. The average Bonchev–Trinajstić information content (AvgIpc) is 2.80. The highest BCUT2D eigenvalue weighted by Crippen LogP contribution is 2.33. The molecule has 29 heavy (non-hydrogen) atoms. The average molecular weight is 393 g/mol. The summed E-state index contributed by atoms with van der Waals surface area (Å²) in [6.45, 7) is 5.16. The minimum absolute atomic E-state index is 0.278. The first-order chi connectivity index (χ1) is 14.2. The maximum atomic E-state index is 11.6. The summed E-state index contributed by atoms with van der Waals surface area (Å²) in [7, 11) is 1.42. The zero-order valence-electron chi connectivity index (χ0n) is 17.5. The topological polar surface area (TPSA) is 32.8 Å². The number of rotatable bonds is 5. The SMILES string of the molecule is COC(=O)c1ccc(CN2CCN(c3ccc(C4CCCCC4)cc3)CC2)cc1. The maximum Gasteiger partial charge on any atom is 0.337 e. The van der Waals surface area contributed by atoms with Gasteiger partial charge in [0.05, 0.1) is 12.7 Å². The normalized spacial score (nSPS) is 18.6. The van der Waals surface area contributed by atoms with Crippen LogP contribution in [0.4, 0.5) is 5.69 Å². The molecule has 4 rings (SSSR count). The van der Waals surface area contributed by atoms with Crippen LogP contribution in [0.15, 0.2) is 48.5 Å². The first-order valence-electron chi connectivity index (χ1n) is 11.0. The highest BCUT2D eigenvalue weighted by atomic mass is 16.5. The van der Waals surface area contributed by atoms with Crippen LogP contribution in [0, 0.1) is 0 Å². The summed E-state index contributed by atoms with van der Waals surface area (Å²) in [6, 6.07) is 17.1. The molecule has 4 nitrogen and oxygen atoms in total. The Bertz CT molecular complexity index is 787. The number of nitrogens with zero attached hydrogens (tertiary/aromatic N) is 2. The number of carbonyl (C=O) groups is 1. The molecule has 4 heteroatoms. The number of anilines is 1. The van der Waals surface area contributed by atoms with E-state index in [1.54, 1.807) is 0 Å². The van der Waals surface area contributed by atoms with E-state index in [9.17, 15) is 4.79 Å². The van der Waals surface area contributed by atoms with E-state index in [1.165, 1.54) is 56.0 Å². The summed E-state index contributed by atoms with van der Waals surface area (Å²) in [5.41, 5.74) is 4.73. The lowest BCUT2D eigenvalue weighted by molar-refractivity contribution is 0.0600. The van der Waals surface area contributed by atoms with Gasteiger partial charge in [-0.25, -0.2) is 4.79 Å². The van der Waals surface area contributed by atoms with Gasteiger partial charge in [-0.1, -0.05) is 43.5 Å². The Morgan fingerprint density at radius 3 is 2.17 bits per heavy atom. The fraction of sp³-hybridized carbons (Fsp3) is 0.480. The van der Waals surface area contributed by atoms with Gasteiger partial charge in [-0.05, 0) is 54.2 Å². The van der Waals surface area contributed by atoms with Crippen LogP contribution in [-0.4, -0.2) is 44.2 Å². The van der Waals surface area contributed by atoms with Crippen molar-refractivity contribution in [2.75, 3.05) is 38.2 Å². The lowest BCUT2D eigenvalue weighted by atomic mass is 9.84. The molecule has 0 atom stereocenters. The van der Waals surface area contributed by atoms with E-state index in [2.05, 4.69) is 34.1 Å². The minimum Gasteiger partial charge on any atom is -0.465 e. The molecule has 0 spiro atoms. The van der Waals surface area contributed by atoms with Crippen LogP contribution in [0.2, 0.25) is 0 Å². The molecule has 154 valence electrons. The van der Waals surface area contributed by atoms with Gasteiger partial charge in [0.2, 0.25) is 0 Å². The highest BCUT2D eigenvalue weighted by molar-refractivity contribution is 5.89. The first-order valence-corrected chi connectivity index (χ1v) is 11.0. The lowest BCUT2D eigenvalue weighted by Gasteiger charge is -2.36. The van der Waals surface area contributed by atoms with Crippen LogP contribution < -0.4 is 4.90 Å². The molecular formula is C25H32N2O2. The number of hydrogen-bond acceptors (Lipinski definition) is 4. The zero-order chi connectivity index (χ0) is 20.1. The smallest absolute Gasteiger partial charge is 0.337 e. The summed E-state index contributed by atoms with van der Waals surface area (Å²) in [6.07, 6.45) is 6.91. The van der Waals surface area contributed by atoms with Crippen molar-refractivity contribution in [2.24, 2.45) is 0 Å². The number of hydrogen-bond donors (Lipinski definition) is 0. The van der Waals surface area contributed by atoms with Crippen LogP contribution in [0.25, 0.3) is 0 Å². The summed E-state index contributed by atoms with van der Waals surface area (Å²) < 4.78 is 4.77. The lowest BCUT2D eigenvalue weighted by Crippen LogP contribution is -2.45. The van der Waals surface area contributed by atoms with Crippen LogP contribution in [0.5, 0.6) is 0 Å². The molecule has 2 aromatic rings. The second-order valence-corrected chi connectivity index (χ2v) is 8.38. The molecule has 0 radical (unpaired) electrons. The van der Waals surface area contributed by atoms with Gasteiger partial charge in [-0.3, -0.25) is 4.90 Å². The largest absolute Gasteiger partial charge is 0.465 e. The molecule has 1 saturated carbocycles. The first kappa shape index (κ1) is 20.0. The van der Waals surface area contributed by atoms with Crippen molar-refractivity contribution in [1.29, 1.82) is 0 Å². The van der Waals surface area contributed by atoms with Gasteiger partial charge in [-0.2, -0.15) is 0 Å². The highest BCUT2D eigenvalue weighted by Gasteiger charge is 2.19. The second-order valence-electron chi connectivity index (χ2n) is 8.38. The van der Waals surface area contributed by atoms with Crippen molar-refractivity contribution >= 4 is 11.7 Å². The third-order valence-electron chi connectivity index (χ3n) is 6.49. The van der Waals surface area contributed by atoms with Gasteiger partial charge in [0.25, 0.3) is 0 Å². The maximum absolute atomic E-state index is 11.6. The molecule has 2 fully saturated rings. The molecule has 0 unspecified atom stereocenters. The van der Waals surface area contributed by atoms with Crippen LogP contribution in [0.1, 0.15) is 59.5 Å². The number of esters is 1. The third kappa shape index (κ3) is 4.99. The molecule has 0 amide bonds. The van der Waals surface area contributed by atoms with E-state index in [4.69, 9.17) is 4.74 Å². The van der Waals surface area contributed by atoms with E-state index in [1.807, 2.05) is 24.3 Å². The Morgan fingerprint density at radius 2 is 1.55 bits per heavy atom. The number of benzene rings is 2. The molecule has 2 aromatic carbocycles.